The van der Waals surface area contributed by atoms with E-state index in [0.717, 1.165) is 24.9 Å². The van der Waals surface area contributed by atoms with Gasteiger partial charge in [-0.1, -0.05) is 43.7 Å². The van der Waals surface area contributed by atoms with Crippen LogP contribution in [0.15, 0.2) is 30.3 Å². The van der Waals surface area contributed by atoms with Crippen molar-refractivity contribution in [2.45, 2.75) is 32.2 Å². The summed E-state index contributed by atoms with van der Waals surface area (Å²) in [6, 6.07) is 9.68. The molecule has 0 aliphatic heterocycles. The highest BCUT2D eigenvalue weighted by molar-refractivity contribution is 5.80. The minimum Gasteiger partial charge on any atom is -0.368 e. The summed E-state index contributed by atoms with van der Waals surface area (Å²) < 4.78 is 0. The number of hydrogen-bond donors (Lipinski definition) is 2. The van der Waals surface area contributed by atoms with Gasteiger partial charge < -0.3 is 11.1 Å². The van der Waals surface area contributed by atoms with Gasteiger partial charge in [0, 0.05) is 0 Å². The van der Waals surface area contributed by atoms with Gasteiger partial charge in [0.15, 0.2) is 0 Å². The van der Waals surface area contributed by atoms with Crippen molar-refractivity contribution in [2.75, 3.05) is 6.54 Å². The average molecular weight is 220 g/mol. The first kappa shape index (κ1) is 12.7. The van der Waals surface area contributed by atoms with Crippen LogP contribution in [0.4, 0.5) is 0 Å². The number of rotatable bonds is 7. The summed E-state index contributed by atoms with van der Waals surface area (Å²) in [5.74, 6) is -0.278. The zero-order valence-electron chi connectivity index (χ0n) is 9.78. The Morgan fingerprint density at radius 3 is 2.62 bits per heavy atom. The molecule has 0 bridgehead atoms. The molecule has 1 aromatic rings. The van der Waals surface area contributed by atoms with Gasteiger partial charge in [0.05, 0.1) is 6.04 Å². The third-order valence-electron chi connectivity index (χ3n) is 2.55. The van der Waals surface area contributed by atoms with Crippen LogP contribution in [0.2, 0.25) is 0 Å². The molecule has 1 atom stereocenters. The fourth-order valence-electron chi connectivity index (χ4n) is 1.58. The second-order valence-electron chi connectivity index (χ2n) is 3.95. The molecule has 88 valence electrons. The van der Waals surface area contributed by atoms with Gasteiger partial charge in [-0.3, -0.25) is 4.79 Å². The maximum Gasteiger partial charge on any atom is 0.234 e. The highest BCUT2D eigenvalue weighted by atomic mass is 16.1. The van der Waals surface area contributed by atoms with Crippen LogP contribution >= 0.6 is 0 Å². The van der Waals surface area contributed by atoms with E-state index >= 15 is 0 Å². The molecule has 0 radical (unpaired) electrons. The number of carbonyl (C=O) groups excluding carboxylic acids is 1. The van der Waals surface area contributed by atoms with E-state index in [9.17, 15) is 4.79 Å². The number of carbonyl (C=O) groups is 1. The minimum atomic E-state index is -0.278. The Bertz CT molecular complexity index is 311. The van der Waals surface area contributed by atoms with Crippen LogP contribution in [0, 0.1) is 0 Å². The molecule has 3 N–H and O–H groups in total. The number of primary amides is 1. The maximum absolute atomic E-state index is 11.3. The number of nitrogens with one attached hydrogen (secondary N) is 1. The summed E-state index contributed by atoms with van der Waals surface area (Å²) >= 11 is 0. The minimum absolute atomic E-state index is 0.256. The quantitative estimate of drug-likeness (QED) is 0.684. The molecule has 3 nitrogen and oxygen atoms in total. The standard InChI is InChI=1S/C13H20N2O/c1-2-3-9-15-12(13(14)16)10-11-7-5-4-6-8-11/h4-8,12,15H,2-3,9-10H2,1H3,(H2,14,16)/t12-/m0/s1. The van der Waals surface area contributed by atoms with Crippen molar-refractivity contribution in [1.82, 2.24) is 5.32 Å². The first-order valence-electron chi connectivity index (χ1n) is 5.80. The fourth-order valence-corrected chi connectivity index (χ4v) is 1.58. The van der Waals surface area contributed by atoms with E-state index < -0.39 is 0 Å². The molecule has 16 heavy (non-hydrogen) atoms. The molecule has 0 heterocycles. The Kier molecular flexibility index (Phi) is 5.57. The lowest BCUT2D eigenvalue weighted by atomic mass is 10.1. The van der Waals surface area contributed by atoms with Crippen LogP contribution in [-0.2, 0) is 11.2 Å². The van der Waals surface area contributed by atoms with Crippen molar-refractivity contribution >= 4 is 5.91 Å². The number of hydrogen-bond acceptors (Lipinski definition) is 2. The van der Waals surface area contributed by atoms with Gasteiger partial charge in [0.1, 0.15) is 0 Å². The van der Waals surface area contributed by atoms with Gasteiger partial charge in [0.2, 0.25) is 5.91 Å². The molecule has 0 unspecified atom stereocenters. The van der Waals surface area contributed by atoms with Crippen LogP contribution in [0.3, 0.4) is 0 Å². The Balaban J connectivity index is 2.48. The van der Waals surface area contributed by atoms with Crippen LogP contribution in [0.5, 0.6) is 0 Å². The molecule has 1 amide bonds. The molecule has 0 spiro atoms. The lowest BCUT2D eigenvalue weighted by Gasteiger charge is -2.15. The van der Waals surface area contributed by atoms with Crippen LogP contribution in [0.1, 0.15) is 25.3 Å². The number of benzene rings is 1. The Labute approximate surface area is 97.0 Å². The van der Waals surface area contributed by atoms with Gasteiger partial charge in [-0.15, -0.1) is 0 Å². The van der Waals surface area contributed by atoms with E-state index in [1.54, 1.807) is 0 Å². The zero-order chi connectivity index (χ0) is 11.8. The summed E-state index contributed by atoms with van der Waals surface area (Å²) in [4.78, 5) is 11.3. The van der Waals surface area contributed by atoms with E-state index in [1.165, 1.54) is 0 Å². The highest BCUT2D eigenvalue weighted by Crippen LogP contribution is 2.03. The SMILES string of the molecule is CCCCN[C@@H](Cc1ccccc1)C(N)=O. The van der Waals surface area contributed by atoms with E-state index in [0.29, 0.717) is 6.42 Å². The lowest BCUT2D eigenvalue weighted by Crippen LogP contribution is -2.43. The molecular weight excluding hydrogens is 200 g/mol. The zero-order valence-corrected chi connectivity index (χ0v) is 9.78. The largest absolute Gasteiger partial charge is 0.368 e. The Morgan fingerprint density at radius 2 is 2.06 bits per heavy atom. The van der Waals surface area contributed by atoms with Crippen molar-refractivity contribution in [3.05, 3.63) is 35.9 Å². The van der Waals surface area contributed by atoms with E-state index in [2.05, 4.69) is 12.2 Å². The first-order chi connectivity index (χ1) is 7.74. The summed E-state index contributed by atoms with van der Waals surface area (Å²) in [5, 5.41) is 3.19. The summed E-state index contributed by atoms with van der Waals surface area (Å²) in [6.07, 6.45) is 2.85. The smallest absolute Gasteiger partial charge is 0.234 e. The van der Waals surface area contributed by atoms with E-state index in [-0.39, 0.29) is 11.9 Å². The van der Waals surface area contributed by atoms with Crippen LogP contribution in [-0.4, -0.2) is 18.5 Å². The second-order valence-corrected chi connectivity index (χ2v) is 3.95. The Hall–Kier alpha value is -1.35. The van der Waals surface area contributed by atoms with E-state index in [1.807, 2.05) is 30.3 Å². The monoisotopic (exact) mass is 220 g/mol. The molecule has 1 rings (SSSR count). The Morgan fingerprint density at radius 1 is 1.38 bits per heavy atom. The summed E-state index contributed by atoms with van der Waals surface area (Å²) in [5.41, 5.74) is 6.50. The van der Waals surface area contributed by atoms with Gasteiger partial charge in [-0.2, -0.15) is 0 Å². The van der Waals surface area contributed by atoms with Crippen LogP contribution in [0.25, 0.3) is 0 Å². The third-order valence-corrected chi connectivity index (χ3v) is 2.55. The van der Waals surface area contributed by atoms with E-state index in [4.69, 9.17) is 5.73 Å². The first-order valence-corrected chi connectivity index (χ1v) is 5.80. The normalized spacial score (nSPS) is 12.3. The van der Waals surface area contributed by atoms with Crippen molar-refractivity contribution in [1.29, 1.82) is 0 Å². The predicted octanol–water partition coefficient (Wildman–Crippen LogP) is 1.47. The molecule has 0 fully saturated rings. The fraction of sp³-hybridized carbons (Fsp3) is 0.462. The predicted molar refractivity (Wildman–Crippen MR) is 66.0 cm³/mol. The van der Waals surface area contributed by atoms with Gasteiger partial charge in [0.25, 0.3) is 0 Å². The third kappa shape index (κ3) is 4.45. The van der Waals surface area contributed by atoms with Gasteiger partial charge >= 0.3 is 0 Å². The topological polar surface area (TPSA) is 55.1 Å². The van der Waals surface area contributed by atoms with Crippen molar-refractivity contribution in [3.63, 3.8) is 0 Å². The number of unbranched alkanes of at least 4 members (excludes halogenated alkanes) is 1. The van der Waals surface area contributed by atoms with Gasteiger partial charge in [-0.25, -0.2) is 0 Å². The average Bonchev–Trinajstić information content (AvgIpc) is 2.29. The van der Waals surface area contributed by atoms with Gasteiger partial charge in [-0.05, 0) is 24.9 Å². The molecule has 1 aromatic carbocycles. The number of nitrogens with two attached hydrogens (primary N) is 1. The molecule has 0 saturated carbocycles. The molecule has 0 aromatic heterocycles. The molecule has 3 heteroatoms. The molecule has 0 aliphatic rings. The molecule has 0 saturated heterocycles. The summed E-state index contributed by atoms with van der Waals surface area (Å²) in [6.45, 7) is 2.97. The lowest BCUT2D eigenvalue weighted by molar-refractivity contribution is -0.120. The highest BCUT2D eigenvalue weighted by Gasteiger charge is 2.14. The second kappa shape index (κ2) is 7.01. The maximum atomic E-state index is 11.3. The van der Waals surface area contributed by atoms with Crippen molar-refractivity contribution in [3.8, 4) is 0 Å². The van der Waals surface area contributed by atoms with Crippen LogP contribution < -0.4 is 11.1 Å². The summed E-state index contributed by atoms with van der Waals surface area (Å²) in [7, 11) is 0. The number of amides is 1. The van der Waals surface area contributed by atoms with Crippen molar-refractivity contribution < 1.29 is 4.79 Å². The van der Waals surface area contributed by atoms with Crippen molar-refractivity contribution in [2.24, 2.45) is 5.73 Å². The molecular formula is C13H20N2O. The molecule has 0 aliphatic carbocycles.